The Morgan fingerprint density at radius 1 is 1.22 bits per heavy atom. The number of rotatable bonds is 5. The minimum Gasteiger partial charge on any atom is -0.480 e. The van der Waals surface area contributed by atoms with Crippen molar-refractivity contribution in [3.05, 3.63) is 52.7 Å². The highest BCUT2D eigenvalue weighted by Gasteiger charge is 2.37. The number of ether oxygens (including phenoxy) is 1. The van der Waals surface area contributed by atoms with Gasteiger partial charge >= 0.3 is 0 Å². The second kappa shape index (κ2) is 6.54. The molecule has 1 heterocycles. The standard InChI is InChI=1S/C17H18ClN3O2/c1-11(12-3-5-13(18)6-4-12)21(14-7-8-14)17(22)15-9-10-16(23-2)20-19-15/h3-6,9-11,14H,7-8H2,1-2H3. The van der Waals surface area contributed by atoms with E-state index in [1.165, 1.54) is 7.11 Å². The van der Waals surface area contributed by atoms with Crippen molar-refractivity contribution in [2.75, 3.05) is 7.11 Å². The third kappa shape index (κ3) is 3.45. The summed E-state index contributed by atoms with van der Waals surface area (Å²) in [6, 6.07) is 11.1. The zero-order chi connectivity index (χ0) is 16.4. The summed E-state index contributed by atoms with van der Waals surface area (Å²) in [5.74, 6) is 0.287. The Hall–Kier alpha value is -2.14. The van der Waals surface area contributed by atoms with Gasteiger partial charge in [0.05, 0.1) is 13.2 Å². The number of carbonyl (C=O) groups excluding carboxylic acids is 1. The molecule has 1 atom stereocenters. The van der Waals surface area contributed by atoms with Gasteiger partial charge in [-0.1, -0.05) is 23.7 Å². The molecule has 1 aromatic carbocycles. The first-order chi connectivity index (χ1) is 11.1. The summed E-state index contributed by atoms with van der Waals surface area (Å²) >= 11 is 5.95. The van der Waals surface area contributed by atoms with Crippen molar-refractivity contribution in [2.24, 2.45) is 0 Å². The van der Waals surface area contributed by atoms with E-state index in [1.54, 1.807) is 12.1 Å². The average Bonchev–Trinajstić information content (AvgIpc) is 3.40. The molecule has 1 aliphatic rings. The quantitative estimate of drug-likeness (QED) is 0.841. The number of hydrogen-bond donors (Lipinski definition) is 0. The van der Waals surface area contributed by atoms with E-state index in [0.29, 0.717) is 16.6 Å². The van der Waals surface area contributed by atoms with Crippen LogP contribution >= 0.6 is 11.6 Å². The van der Waals surface area contributed by atoms with Crippen LogP contribution in [0.4, 0.5) is 0 Å². The molecule has 0 bridgehead atoms. The minimum absolute atomic E-state index is 0.0452. The highest BCUT2D eigenvalue weighted by atomic mass is 35.5. The van der Waals surface area contributed by atoms with E-state index in [2.05, 4.69) is 10.2 Å². The highest BCUT2D eigenvalue weighted by Crippen LogP contribution is 2.35. The molecule has 2 aromatic rings. The molecule has 1 unspecified atom stereocenters. The van der Waals surface area contributed by atoms with E-state index in [0.717, 1.165) is 18.4 Å². The third-order valence-corrected chi connectivity index (χ3v) is 4.26. The summed E-state index contributed by atoms with van der Waals surface area (Å²) in [4.78, 5) is 14.8. The number of halogens is 1. The number of amides is 1. The average molecular weight is 332 g/mol. The molecule has 1 amide bonds. The Kier molecular flexibility index (Phi) is 4.48. The van der Waals surface area contributed by atoms with Crippen LogP contribution in [0.3, 0.4) is 0 Å². The van der Waals surface area contributed by atoms with Crippen LogP contribution < -0.4 is 4.74 Å². The predicted octanol–water partition coefficient (Wildman–Crippen LogP) is 3.50. The van der Waals surface area contributed by atoms with Crippen molar-refractivity contribution >= 4 is 17.5 Å². The van der Waals surface area contributed by atoms with Gasteiger partial charge in [-0.05, 0) is 43.5 Å². The molecule has 0 saturated heterocycles. The smallest absolute Gasteiger partial charge is 0.275 e. The number of nitrogens with zero attached hydrogens (tertiary/aromatic N) is 3. The van der Waals surface area contributed by atoms with Gasteiger partial charge in [0.2, 0.25) is 5.88 Å². The number of benzene rings is 1. The van der Waals surface area contributed by atoms with Crippen molar-refractivity contribution < 1.29 is 9.53 Å². The summed E-state index contributed by atoms with van der Waals surface area (Å²) < 4.78 is 4.99. The van der Waals surface area contributed by atoms with Crippen molar-refractivity contribution in [3.8, 4) is 5.88 Å². The second-order valence-electron chi connectivity index (χ2n) is 5.63. The normalized spacial score (nSPS) is 15.1. The Morgan fingerprint density at radius 3 is 2.43 bits per heavy atom. The monoisotopic (exact) mass is 331 g/mol. The molecule has 120 valence electrons. The maximum Gasteiger partial charge on any atom is 0.275 e. The fourth-order valence-corrected chi connectivity index (χ4v) is 2.71. The molecule has 23 heavy (non-hydrogen) atoms. The molecule has 1 saturated carbocycles. The molecule has 1 fully saturated rings. The largest absolute Gasteiger partial charge is 0.480 e. The molecule has 0 N–H and O–H groups in total. The van der Waals surface area contributed by atoms with E-state index < -0.39 is 0 Å². The lowest BCUT2D eigenvalue weighted by Gasteiger charge is -2.29. The third-order valence-electron chi connectivity index (χ3n) is 4.01. The van der Waals surface area contributed by atoms with Crippen molar-refractivity contribution in [3.63, 3.8) is 0 Å². The SMILES string of the molecule is COc1ccc(C(=O)N(C2CC2)C(C)c2ccc(Cl)cc2)nn1. The lowest BCUT2D eigenvalue weighted by atomic mass is 10.1. The van der Waals surface area contributed by atoms with E-state index in [4.69, 9.17) is 16.3 Å². The van der Waals surface area contributed by atoms with Gasteiger partial charge in [-0.25, -0.2) is 0 Å². The maximum absolute atomic E-state index is 12.9. The first-order valence-electron chi connectivity index (χ1n) is 7.56. The molecule has 0 radical (unpaired) electrons. The van der Waals surface area contributed by atoms with Gasteiger partial charge in [-0.2, -0.15) is 0 Å². The Bertz CT molecular complexity index is 684. The Labute approximate surface area is 140 Å². The number of aromatic nitrogens is 2. The van der Waals surface area contributed by atoms with Crippen LogP contribution in [-0.2, 0) is 0 Å². The summed E-state index contributed by atoms with van der Waals surface area (Å²) in [5.41, 5.74) is 1.38. The first-order valence-corrected chi connectivity index (χ1v) is 7.94. The zero-order valence-corrected chi connectivity index (χ0v) is 13.8. The van der Waals surface area contributed by atoms with Gasteiger partial charge in [0, 0.05) is 17.1 Å². The van der Waals surface area contributed by atoms with Crippen LogP contribution in [0, 0.1) is 0 Å². The summed E-state index contributed by atoms with van der Waals surface area (Å²) in [6.07, 6.45) is 2.04. The van der Waals surface area contributed by atoms with Gasteiger partial charge in [0.1, 0.15) is 0 Å². The topological polar surface area (TPSA) is 55.3 Å². The van der Waals surface area contributed by atoms with Gasteiger partial charge in [-0.15, -0.1) is 10.2 Å². The zero-order valence-electron chi connectivity index (χ0n) is 13.1. The number of hydrogen-bond acceptors (Lipinski definition) is 4. The van der Waals surface area contributed by atoms with Crippen LogP contribution in [0.25, 0.3) is 0 Å². The van der Waals surface area contributed by atoms with E-state index in [-0.39, 0.29) is 18.0 Å². The molecule has 1 aromatic heterocycles. The van der Waals surface area contributed by atoms with Crippen LogP contribution in [0.5, 0.6) is 5.88 Å². The molecule has 1 aliphatic carbocycles. The van der Waals surface area contributed by atoms with Gasteiger partial charge in [-0.3, -0.25) is 4.79 Å². The van der Waals surface area contributed by atoms with Gasteiger partial charge in [0.25, 0.3) is 5.91 Å². The first kappa shape index (κ1) is 15.7. The lowest BCUT2D eigenvalue weighted by molar-refractivity contribution is 0.0666. The highest BCUT2D eigenvalue weighted by molar-refractivity contribution is 6.30. The van der Waals surface area contributed by atoms with Crippen molar-refractivity contribution in [2.45, 2.75) is 31.8 Å². The molecule has 6 heteroatoms. The van der Waals surface area contributed by atoms with E-state index >= 15 is 0 Å². The fraction of sp³-hybridized carbons (Fsp3) is 0.353. The van der Waals surface area contributed by atoms with Crippen molar-refractivity contribution in [1.29, 1.82) is 0 Å². The van der Waals surface area contributed by atoms with Gasteiger partial charge < -0.3 is 9.64 Å². The maximum atomic E-state index is 12.9. The molecule has 0 aliphatic heterocycles. The fourth-order valence-electron chi connectivity index (χ4n) is 2.59. The summed E-state index contributed by atoms with van der Waals surface area (Å²) in [7, 11) is 1.52. The Balaban J connectivity index is 1.85. The van der Waals surface area contributed by atoms with Gasteiger partial charge in [0.15, 0.2) is 5.69 Å². The molecular formula is C17H18ClN3O2. The van der Waals surface area contributed by atoms with Crippen LogP contribution in [0.15, 0.2) is 36.4 Å². The number of methoxy groups -OCH3 is 1. The minimum atomic E-state index is -0.106. The summed E-state index contributed by atoms with van der Waals surface area (Å²) in [5, 5.41) is 8.56. The van der Waals surface area contributed by atoms with E-state index in [1.807, 2.05) is 36.1 Å². The van der Waals surface area contributed by atoms with Crippen LogP contribution in [-0.4, -0.2) is 34.2 Å². The predicted molar refractivity (Wildman–Crippen MR) is 87.6 cm³/mol. The lowest BCUT2D eigenvalue weighted by Crippen LogP contribution is -2.36. The second-order valence-corrected chi connectivity index (χ2v) is 6.07. The molecule has 3 rings (SSSR count). The summed E-state index contributed by atoms with van der Waals surface area (Å²) in [6.45, 7) is 2.02. The van der Waals surface area contributed by atoms with Crippen molar-refractivity contribution in [1.82, 2.24) is 15.1 Å². The molecule has 0 spiro atoms. The Morgan fingerprint density at radius 2 is 1.91 bits per heavy atom. The number of carbonyl (C=O) groups is 1. The van der Waals surface area contributed by atoms with E-state index in [9.17, 15) is 4.79 Å². The van der Waals surface area contributed by atoms with Crippen LogP contribution in [0.2, 0.25) is 5.02 Å². The molecular weight excluding hydrogens is 314 g/mol. The van der Waals surface area contributed by atoms with Crippen LogP contribution in [0.1, 0.15) is 41.9 Å². The molecule has 5 nitrogen and oxygen atoms in total.